The molecule has 0 aliphatic rings. The fourth-order valence-electron chi connectivity index (χ4n) is 0.794. The van der Waals surface area contributed by atoms with E-state index in [0.717, 1.165) is 11.3 Å². The molecule has 4 nitrogen and oxygen atoms in total. The van der Waals surface area contributed by atoms with Crippen LogP contribution in [0.25, 0.3) is 0 Å². The molecule has 1 N–H and O–H groups in total. The predicted molar refractivity (Wildman–Crippen MR) is 59.3 cm³/mol. The Labute approximate surface area is 97.5 Å². The number of nitriles is 1. The Morgan fingerprint density at radius 3 is 2.80 bits per heavy atom. The number of rotatable bonds is 4. The van der Waals surface area contributed by atoms with Crippen LogP contribution in [0.5, 0.6) is 0 Å². The highest BCUT2D eigenvalue weighted by atomic mass is 35.5. The van der Waals surface area contributed by atoms with Gasteiger partial charge in [-0.3, -0.25) is 0 Å². The van der Waals surface area contributed by atoms with Gasteiger partial charge in [0, 0.05) is 6.54 Å². The molecular formula is C8H9ClN2O2S2. The quantitative estimate of drug-likeness (QED) is 0.902. The average Bonchev–Trinajstić information content (AvgIpc) is 2.62. The molecule has 1 atom stereocenters. The van der Waals surface area contributed by atoms with Gasteiger partial charge in [-0.1, -0.05) is 11.6 Å². The van der Waals surface area contributed by atoms with Crippen LogP contribution >= 0.6 is 22.9 Å². The maximum atomic E-state index is 11.6. The Morgan fingerprint density at radius 2 is 2.33 bits per heavy atom. The molecule has 0 saturated heterocycles. The molecule has 1 rings (SSSR count). The molecule has 0 aromatic carbocycles. The van der Waals surface area contributed by atoms with Crippen LogP contribution in [0.4, 0.5) is 0 Å². The molecule has 1 unspecified atom stereocenters. The van der Waals surface area contributed by atoms with Gasteiger partial charge in [-0.15, -0.1) is 11.3 Å². The molecule has 0 aliphatic heterocycles. The van der Waals surface area contributed by atoms with E-state index in [1.165, 1.54) is 12.1 Å². The lowest BCUT2D eigenvalue weighted by atomic mass is 10.2. The highest BCUT2D eigenvalue weighted by Gasteiger charge is 2.16. The van der Waals surface area contributed by atoms with E-state index in [1.54, 1.807) is 6.92 Å². The topological polar surface area (TPSA) is 70.0 Å². The van der Waals surface area contributed by atoms with Gasteiger partial charge in [-0.25, -0.2) is 13.1 Å². The summed E-state index contributed by atoms with van der Waals surface area (Å²) in [6.07, 6.45) is 0. The van der Waals surface area contributed by atoms with E-state index >= 15 is 0 Å². The van der Waals surface area contributed by atoms with Gasteiger partial charge in [0.1, 0.15) is 4.21 Å². The van der Waals surface area contributed by atoms with Crippen LogP contribution in [0, 0.1) is 17.2 Å². The van der Waals surface area contributed by atoms with Crippen LogP contribution in [0.3, 0.4) is 0 Å². The number of thiophene rings is 1. The maximum absolute atomic E-state index is 11.6. The molecule has 1 aromatic rings. The lowest BCUT2D eigenvalue weighted by molar-refractivity contribution is 0.575. The predicted octanol–water partition coefficient (Wildman–Crippen LogP) is 1.84. The first-order valence-electron chi connectivity index (χ1n) is 4.10. The normalized spacial score (nSPS) is 13.4. The lowest BCUT2D eigenvalue weighted by Gasteiger charge is -2.04. The van der Waals surface area contributed by atoms with E-state index in [2.05, 4.69) is 4.72 Å². The van der Waals surface area contributed by atoms with E-state index in [0.29, 0.717) is 4.34 Å². The summed E-state index contributed by atoms with van der Waals surface area (Å²) in [6.45, 7) is 1.75. The summed E-state index contributed by atoms with van der Waals surface area (Å²) in [6, 6.07) is 4.90. The third-order valence-electron chi connectivity index (χ3n) is 1.61. The molecule has 1 heterocycles. The molecule has 0 amide bonds. The molecule has 0 saturated carbocycles. The van der Waals surface area contributed by atoms with Crippen molar-refractivity contribution < 1.29 is 8.42 Å². The standard InChI is InChI=1S/C8H9ClN2O2S2/c1-6(4-10)5-11-15(12,13)8-3-2-7(9)14-8/h2-3,6,11H,5H2,1H3. The minimum absolute atomic E-state index is 0.106. The van der Waals surface area contributed by atoms with Crippen molar-refractivity contribution in [1.82, 2.24) is 4.72 Å². The zero-order valence-corrected chi connectivity index (χ0v) is 10.3. The Hall–Kier alpha value is -0.610. The SMILES string of the molecule is CC(C#N)CNS(=O)(=O)c1ccc(Cl)s1. The molecule has 0 radical (unpaired) electrons. The van der Waals surface area contributed by atoms with Gasteiger partial charge in [-0.2, -0.15) is 5.26 Å². The van der Waals surface area contributed by atoms with Crippen molar-refractivity contribution in [2.45, 2.75) is 11.1 Å². The molecule has 1 aromatic heterocycles. The second kappa shape index (κ2) is 4.94. The van der Waals surface area contributed by atoms with Crippen LogP contribution in [0.1, 0.15) is 6.92 Å². The summed E-state index contributed by atoms with van der Waals surface area (Å²) < 4.78 is 26.1. The number of sulfonamides is 1. The Balaban J connectivity index is 2.73. The van der Waals surface area contributed by atoms with Gasteiger partial charge < -0.3 is 0 Å². The first-order valence-corrected chi connectivity index (χ1v) is 6.78. The molecule has 0 spiro atoms. The lowest BCUT2D eigenvalue weighted by Crippen LogP contribution is -2.27. The highest BCUT2D eigenvalue weighted by Crippen LogP contribution is 2.25. The zero-order chi connectivity index (χ0) is 11.5. The fraction of sp³-hybridized carbons (Fsp3) is 0.375. The molecule has 15 heavy (non-hydrogen) atoms. The molecule has 7 heteroatoms. The van der Waals surface area contributed by atoms with Crippen molar-refractivity contribution in [3.05, 3.63) is 16.5 Å². The van der Waals surface area contributed by atoms with Crippen LogP contribution in [0.2, 0.25) is 4.34 Å². The smallest absolute Gasteiger partial charge is 0.209 e. The largest absolute Gasteiger partial charge is 0.250 e. The van der Waals surface area contributed by atoms with Gasteiger partial charge in [0.25, 0.3) is 0 Å². The summed E-state index contributed by atoms with van der Waals surface area (Å²) in [7, 11) is -3.51. The van der Waals surface area contributed by atoms with Crippen molar-refractivity contribution in [2.75, 3.05) is 6.54 Å². The minimum Gasteiger partial charge on any atom is -0.209 e. The summed E-state index contributed by atoms with van der Waals surface area (Å²) in [5.41, 5.74) is 0. The highest BCUT2D eigenvalue weighted by molar-refractivity contribution is 7.91. The number of halogens is 1. The summed E-state index contributed by atoms with van der Waals surface area (Å²) in [5.74, 6) is -0.352. The monoisotopic (exact) mass is 264 g/mol. The van der Waals surface area contributed by atoms with Crippen LogP contribution in [-0.2, 0) is 10.0 Å². The van der Waals surface area contributed by atoms with Gasteiger partial charge in [0.05, 0.1) is 16.3 Å². The van der Waals surface area contributed by atoms with Gasteiger partial charge in [-0.05, 0) is 19.1 Å². The van der Waals surface area contributed by atoms with Crippen molar-refractivity contribution >= 4 is 33.0 Å². The van der Waals surface area contributed by atoms with E-state index in [9.17, 15) is 8.42 Å². The molecule has 82 valence electrons. The summed E-state index contributed by atoms with van der Waals surface area (Å²) in [5, 5.41) is 8.50. The Kier molecular flexibility index (Phi) is 4.11. The molecule has 0 aliphatic carbocycles. The number of hydrogen-bond acceptors (Lipinski definition) is 4. The van der Waals surface area contributed by atoms with E-state index in [4.69, 9.17) is 16.9 Å². The molecule has 0 bridgehead atoms. The maximum Gasteiger partial charge on any atom is 0.250 e. The second-order valence-electron chi connectivity index (χ2n) is 2.94. The van der Waals surface area contributed by atoms with E-state index < -0.39 is 10.0 Å². The van der Waals surface area contributed by atoms with Gasteiger partial charge >= 0.3 is 0 Å². The van der Waals surface area contributed by atoms with Crippen LogP contribution in [-0.4, -0.2) is 15.0 Å². The van der Waals surface area contributed by atoms with E-state index in [-0.39, 0.29) is 16.7 Å². The van der Waals surface area contributed by atoms with Crippen molar-refractivity contribution in [2.24, 2.45) is 5.92 Å². The Morgan fingerprint density at radius 1 is 1.67 bits per heavy atom. The number of hydrogen-bond donors (Lipinski definition) is 1. The number of nitrogens with one attached hydrogen (secondary N) is 1. The fourth-order valence-corrected chi connectivity index (χ4v) is 3.45. The summed E-state index contributed by atoms with van der Waals surface area (Å²) in [4.78, 5) is 0. The van der Waals surface area contributed by atoms with Crippen LogP contribution in [0.15, 0.2) is 16.3 Å². The van der Waals surface area contributed by atoms with Crippen molar-refractivity contribution in [3.63, 3.8) is 0 Å². The van der Waals surface area contributed by atoms with E-state index in [1.807, 2.05) is 6.07 Å². The molecule has 0 fully saturated rings. The third kappa shape index (κ3) is 3.47. The minimum atomic E-state index is -3.51. The van der Waals surface area contributed by atoms with Crippen molar-refractivity contribution in [1.29, 1.82) is 5.26 Å². The first kappa shape index (κ1) is 12.5. The average molecular weight is 265 g/mol. The molecular weight excluding hydrogens is 256 g/mol. The van der Waals surface area contributed by atoms with Crippen molar-refractivity contribution in [3.8, 4) is 6.07 Å². The third-order valence-corrected chi connectivity index (χ3v) is 4.76. The number of nitrogens with zero attached hydrogens (tertiary/aromatic N) is 1. The Bertz CT molecular complexity index is 475. The second-order valence-corrected chi connectivity index (χ2v) is 6.65. The van der Waals surface area contributed by atoms with Crippen LogP contribution < -0.4 is 4.72 Å². The zero-order valence-electron chi connectivity index (χ0n) is 7.90. The van der Waals surface area contributed by atoms with Gasteiger partial charge in [0.15, 0.2) is 0 Å². The summed E-state index contributed by atoms with van der Waals surface area (Å²) >= 11 is 6.62. The van der Waals surface area contributed by atoms with Gasteiger partial charge in [0.2, 0.25) is 10.0 Å². The first-order chi connectivity index (χ1) is 6.95.